The van der Waals surface area contributed by atoms with Gasteiger partial charge in [-0.15, -0.1) is 0 Å². The molecule has 0 saturated carbocycles. The molecule has 18 heavy (non-hydrogen) atoms. The standard InChI is InChI=1S/C11H22N4O2S/c1-4-10-13-11(5-2)15(14-10)8-6-12-7-9-18(3,16)17/h12H,4-9H2,1-3H3. The van der Waals surface area contributed by atoms with Crippen LogP contribution in [0, 0.1) is 0 Å². The van der Waals surface area contributed by atoms with Crippen LogP contribution in [-0.4, -0.2) is 48.3 Å². The molecule has 1 aromatic heterocycles. The lowest BCUT2D eigenvalue weighted by Crippen LogP contribution is -2.26. The Morgan fingerprint density at radius 1 is 1.22 bits per heavy atom. The zero-order valence-corrected chi connectivity index (χ0v) is 12.1. The van der Waals surface area contributed by atoms with E-state index >= 15 is 0 Å². The highest BCUT2D eigenvalue weighted by Crippen LogP contribution is 2.00. The fourth-order valence-electron chi connectivity index (χ4n) is 1.58. The molecule has 0 aliphatic rings. The Bertz CT molecular complexity index is 467. The number of aryl methyl sites for hydroxylation is 2. The number of nitrogens with zero attached hydrogens (tertiary/aromatic N) is 3. The first kappa shape index (κ1) is 15.1. The van der Waals surface area contributed by atoms with E-state index in [1.165, 1.54) is 6.26 Å². The lowest BCUT2D eigenvalue weighted by molar-refractivity contribution is 0.539. The second kappa shape index (κ2) is 6.84. The maximum absolute atomic E-state index is 10.9. The average Bonchev–Trinajstić information content (AvgIpc) is 2.69. The van der Waals surface area contributed by atoms with Gasteiger partial charge in [-0.3, -0.25) is 0 Å². The molecule has 0 atom stereocenters. The summed E-state index contributed by atoms with van der Waals surface area (Å²) in [6.45, 7) is 5.99. The van der Waals surface area contributed by atoms with Crippen LogP contribution in [0.3, 0.4) is 0 Å². The molecule has 0 unspecified atom stereocenters. The molecule has 0 aliphatic heterocycles. The van der Waals surface area contributed by atoms with E-state index in [-0.39, 0.29) is 5.75 Å². The van der Waals surface area contributed by atoms with E-state index in [4.69, 9.17) is 0 Å². The van der Waals surface area contributed by atoms with Crippen LogP contribution in [0.5, 0.6) is 0 Å². The molecule has 0 amide bonds. The summed E-state index contributed by atoms with van der Waals surface area (Å²) < 4.78 is 23.8. The summed E-state index contributed by atoms with van der Waals surface area (Å²) in [6, 6.07) is 0. The highest BCUT2D eigenvalue weighted by Gasteiger charge is 2.06. The van der Waals surface area contributed by atoms with E-state index in [0.29, 0.717) is 13.1 Å². The van der Waals surface area contributed by atoms with Gasteiger partial charge in [-0.2, -0.15) is 5.10 Å². The minimum absolute atomic E-state index is 0.172. The number of hydrogen-bond donors (Lipinski definition) is 1. The molecule has 7 heteroatoms. The van der Waals surface area contributed by atoms with Crippen LogP contribution in [0.1, 0.15) is 25.5 Å². The maximum atomic E-state index is 10.9. The number of sulfone groups is 1. The summed E-state index contributed by atoms with van der Waals surface area (Å²) in [6.07, 6.45) is 2.94. The van der Waals surface area contributed by atoms with Gasteiger partial charge in [0.15, 0.2) is 5.82 Å². The van der Waals surface area contributed by atoms with E-state index < -0.39 is 9.84 Å². The van der Waals surface area contributed by atoms with Gasteiger partial charge in [0.2, 0.25) is 0 Å². The largest absolute Gasteiger partial charge is 0.314 e. The van der Waals surface area contributed by atoms with Gasteiger partial charge in [0, 0.05) is 32.2 Å². The number of rotatable bonds is 8. The Morgan fingerprint density at radius 2 is 1.94 bits per heavy atom. The summed E-state index contributed by atoms with van der Waals surface area (Å²) in [5, 5.41) is 7.49. The van der Waals surface area contributed by atoms with Crippen molar-refractivity contribution in [2.24, 2.45) is 0 Å². The first-order valence-electron chi connectivity index (χ1n) is 6.27. The van der Waals surface area contributed by atoms with Crippen LogP contribution in [0.2, 0.25) is 0 Å². The third-order valence-corrected chi connectivity index (χ3v) is 3.52. The molecular weight excluding hydrogens is 252 g/mol. The lowest BCUT2D eigenvalue weighted by atomic mass is 10.4. The Balaban J connectivity index is 2.37. The maximum Gasteiger partial charge on any atom is 0.150 e. The molecule has 0 saturated heterocycles. The van der Waals surface area contributed by atoms with Gasteiger partial charge in [0.05, 0.1) is 12.3 Å². The smallest absolute Gasteiger partial charge is 0.150 e. The van der Waals surface area contributed by atoms with E-state index in [2.05, 4.69) is 22.3 Å². The third kappa shape index (κ3) is 5.14. The minimum atomic E-state index is -2.88. The second-order valence-corrected chi connectivity index (χ2v) is 6.51. The molecule has 1 N–H and O–H groups in total. The molecule has 1 rings (SSSR count). The molecule has 0 aliphatic carbocycles. The van der Waals surface area contributed by atoms with Gasteiger partial charge in [0.25, 0.3) is 0 Å². The predicted octanol–water partition coefficient (Wildman–Crippen LogP) is 0.0371. The van der Waals surface area contributed by atoms with Crippen molar-refractivity contribution >= 4 is 9.84 Å². The number of aromatic nitrogens is 3. The van der Waals surface area contributed by atoms with E-state index in [0.717, 1.165) is 31.0 Å². The third-order valence-electron chi connectivity index (χ3n) is 2.57. The van der Waals surface area contributed by atoms with Crippen LogP contribution in [-0.2, 0) is 29.2 Å². The van der Waals surface area contributed by atoms with Crippen molar-refractivity contribution in [2.45, 2.75) is 33.2 Å². The van der Waals surface area contributed by atoms with Gasteiger partial charge in [-0.1, -0.05) is 13.8 Å². The fourth-order valence-corrected chi connectivity index (χ4v) is 2.10. The van der Waals surface area contributed by atoms with Crippen LogP contribution in [0.15, 0.2) is 0 Å². The molecule has 104 valence electrons. The Hall–Kier alpha value is -0.950. The summed E-state index contributed by atoms with van der Waals surface area (Å²) in [5.41, 5.74) is 0. The first-order chi connectivity index (χ1) is 8.46. The van der Waals surface area contributed by atoms with E-state index in [1.54, 1.807) is 0 Å². The van der Waals surface area contributed by atoms with Crippen molar-refractivity contribution in [3.8, 4) is 0 Å². The normalized spacial score (nSPS) is 11.9. The van der Waals surface area contributed by atoms with Gasteiger partial charge in [0.1, 0.15) is 15.7 Å². The van der Waals surface area contributed by atoms with Crippen LogP contribution < -0.4 is 5.32 Å². The molecule has 0 bridgehead atoms. The summed E-state index contributed by atoms with van der Waals surface area (Å²) in [4.78, 5) is 4.41. The fraction of sp³-hybridized carbons (Fsp3) is 0.818. The van der Waals surface area contributed by atoms with Crippen molar-refractivity contribution in [1.82, 2.24) is 20.1 Å². The molecule has 6 nitrogen and oxygen atoms in total. The van der Waals surface area contributed by atoms with Gasteiger partial charge >= 0.3 is 0 Å². The summed E-state index contributed by atoms with van der Waals surface area (Å²) in [5.74, 6) is 2.02. The SMILES string of the molecule is CCc1nc(CC)n(CCNCCS(C)(=O)=O)n1. The Morgan fingerprint density at radius 3 is 2.50 bits per heavy atom. The van der Waals surface area contributed by atoms with Crippen LogP contribution >= 0.6 is 0 Å². The monoisotopic (exact) mass is 274 g/mol. The number of nitrogens with one attached hydrogen (secondary N) is 1. The van der Waals surface area contributed by atoms with Crippen LogP contribution in [0.25, 0.3) is 0 Å². The highest BCUT2D eigenvalue weighted by atomic mass is 32.2. The molecule has 1 heterocycles. The minimum Gasteiger partial charge on any atom is -0.314 e. The highest BCUT2D eigenvalue weighted by molar-refractivity contribution is 7.90. The van der Waals surface area contributed by atoms with E-state index in [9.17, 15) is 8.42 Å². The van der Waals surface area contributed by atoms with Crippen molar-refractivity contribution in [3.05, 3.63) is 11.6 Å². The van der Waals surface area contributed by atoms with Crippen LogP contribution in [0.4, 0.5) is 0 Å². The molecule has 0 fully saturated rings. The van der Waals surface area contributed by atoms with Gasteiger partial charge in [-0.25, -0.2) is 18.1 Å². The first-order valence-corrected chi connectivity index (χ1v) is 8.33. The second-order valence-electron chi connectivity index (χ2n) is 4.25. The molecule has 1 aromatic rings. The summed E-state index contributed by atoms with van der Waals surface area (Å²) in [7, 11) is -2.88. The quantitative estimate of drug-likeness (QED) is 0.677. The lowest BCUT2D eigenvalue weighted by Gasteiger charge is -2.05. The Kier molecular flexibility index (Phi) is 5.74. The van der Waals surface area contributed by atoms with Crippen molar-refractivity contribution in [2.75, 3.05) is 25.1 Å². The van der Waals surface area contributed by atoms with Gasteiger partial charge < -0.3 is 5.32 Å². The molecular formula is C11H22N4O2S. The van der Waals surface area contributed by atoms with Gasteiger partial charge in [-0.05, 0) is 0 Å². The topological polar surface area (TPSA) is 76.9 Å². The average molecular weight is 274 g/mol. The zero-order valence-electron chi connectivity index (χ0n) is 11.3. The molecule has 0 radical (unpaired) electrons. The number of hydrogen-bond acceptors (Lipinski definition) is 5. The summed E-state index contributed by atoms with van der Waals surface area (Å²) >= 11 is 0. The van der Waals surface area contributed by atoms with Crippen molar-refractivity contribution in [3.63, 3.8) is 0 Å². The molecule has 0 aromatic carbocycles. The van der Waals surface area contributed by atoms with E-state index in [1.807, 2.05) is 11.6 Å². The van der Waals surface area contributed by atoms with Crippen molar-refractivity contribution in [1.29, 1.82) is 0 Å². The Labute approximate surface area is 109 Å². The van der Waals surface area contributed by atoms with Crippen molar-refractivity contribution < 1.29 is 8.42 Å². The molecule has 0 spiro atoms. The predicted molar refractivity (Wildman–Crippen MR) is 71.4 cm³/mol. The zero-order chi connectivity index (χ0) is 13.6.